The molecule has 0 aromatic rings. The molecule has 0 aromatic heterocycles. The first-order valence-corrected chi connectivity index (χ1v) is 11.6. The molecule has 6 unspecified atom stereocenters. The second-order valence-electron chi connectivity index (χ2n) is 8.61. The van der Waals surface area contributed by atoms with Gasteiger partial charge in [0.2, 0.25) is 17.7 Å². The van der Waals surface area contributed by atoms with Gasteiger partial charge in [-0.1, -0.05) is 40.5 Å². The lowest BCUT2D eigenvalue weighted by molar-refractivity contribution is -0.144. The molecule has 0 aliphatic heterocycles. The Labute approximate surface area is 204 Å². The summed E-state index contributed by atoms with van der Waals surface area (Å²) in [5.74, 6) is -6.72. The molecule has 0 bridgehead atoms. The Morgan fingerprint density at radius 3 is 1.49 bits per heavy atom. The van der Waals surface area contributed by atoms with E-state index in [2.05, 4.69) is 16.0 Å². The van der Waals surface area contributed by atoms with Gasteiger partial charge in [0, 0.05) is 12.8 Å². The summed E-state index contributed by atoms with van der Waals surface area (Å²) in [4.78, 5) is 71.4. The molecule has 0 heterocycles. The largest absolute Gasteiger partial charge is 0.481 e. The maximum atomic E-state index is 13.1. The Hall–Kier alpha value is -3.22. The van der Waals surface area contributed by atoms with Crippen molar-refractivity contribution in [3.8, 4) is 0 Å². The molecule has 13 heteroatoms. The van der Waals surface area contributed by atoms with Gasteiger partial charge in [-0.05, 0) is 24.7 Å². The van der Waals surface area contributed by atoms with Crippen molar-refractivity contribution in [2.45, 2.75) is 90.4 Å². The molecule has 0 aromatic carbocycles. The third-order valence-electron chi connectivity index (χ3n) is 5.85. The minimum Gasteiger partial charge on any atom is -0.481 e. The van der Waals surface area contributed by atoms with Crippen LogP contribution in [-0.2, 0) is 28.8 Å². The van der Waals surface area contributed by atoms with Crippen LogP contribution in [-0.4, -0.2) is 75.1 Å². The van der Waals surface area contributed by atoms with Crippen LogP contribution in [0.4, 0.5) is 0 Å². The number of nitrogens with one attached hydrogen (secondary N) is 3. The zero-order valence-corrected chi connectivity index (χ0v) is 20.6. The van der Waals surface area contributed by atoms with Gasteiger partial charge < -0.3 is 37.0 Å². The van der Waals surface area contributed by atoms with Gasteiger partial charge in [-0.2, -0.15) is 0 Å². The van der Waals surface area contributed by atoms with Crippen LogP contribution in [0.2, 0.25) is 0 Å². The number of carbonyl (C=O) groups is 6. The van der Waals surface area contributed by atoms with Crippen LogP contribution in [0.3, 0.4) is 0 Å². The molecule has 35 heavy (non-hydrogen) atoms. The molecule has 0 radical (unpaired) electrons. The number of carboxylic acid groups (broad SMARTS) is 3. The van der Waals surface area contributed by atoms with Gasteiger partial charge in [0.25, 0.3) is 0 Å². The van der Waals surface area contributed by atoms with Crippen LogP contribution in [0.5, 0.6) is 0 Å². The van der Waals surface area contributed by atoms with Crippen molar-refractivity contribution in [1.82, 2.24) is 16.0 Å². The minimum atomic E-state index is -1.46. The molecule has 0 spiro atoms. The molecular weight excluding hydrogens is 464 g/mol. The number of hydrogen-bond acceptors (Lipinski definition) is 7. The summed E-state index contributed by atoms with van der Waals surface area (Å²) in [7, 11) is 0. The quantitative estimate of drug-likeness (QED) is 0.137. The van der Waals surface area contributed by atoms with E-state index in [1.807, 2.05) is 0 Å². The molecule has 0 aliphatic carbocycles. The highest BCUT2D eigenvalue weighted by molar-refractivity contribution is 5.94. The van der Waals surface area contributed by atoms with E-state index < -0.39 is 72.1 Å². The van der Waals surface area contributed by atoms with Crippen molar-refractivity contribution in [3.05, 3.63) is 0 Å². The normalized spacial score (nSPS) is 16.0. The van der Waals surface area contributed by atoms with Gasteiger partial charge in [0.15, 0.2) is 0 Å². The first-order valence-electron chi connectivity index (χ1n) is 11.6. The lowest BCUT2D eigenvalue weighted by Gasteiger charge is -2.30. The van der Waals surface area contributed by atoms with Gasteiger partial charge in [-0.25, -0.2) is 4.79 Å². The summed E-state index contributed by atoms with van der Waals surface area (Å²) >= 11 is 0. The molecule has 13 nitrogen and oxygen atoms in total. The van der Waals surface area contributed by atoms with E-state index >= 15 is 0 Å². The third-order valence-corrected chi connectivity index (χ3v) is 5.85. The zero-order valence-electron chi connectivity index (χ0n) is 20.6. The van der Waals surface area contributed by atoms with E-state index in [4.69, 9.17) is 15.9 Å². The smallest absolute Gasteiger partial charge is 0.326 e. The summed E-state index contributed by atoms with van der Waals surface area (Å²) < 4.78 is 0. The first kappa shape index (κ1) is 31.8. The number of amides is 3. The topological polar surface area (TPSA) is 225 Å². The fraction of sp³-hybridized carbons (Fsp3) is 0.727. The Kier molecular flexibility index (Phi) is 14.2. The van der Waals surface area contributed by atoms with E-state index in [1.54, 1.807) is 27.7 Å². The molecule has 0 fully saturated rings. The third kappa shape index (κ3) is 11.7. The van der Waals surface area contributed by atoms with E-state index in [-0.39, 0.29) is 25.2 Å². The van der Waals surface area contributed by atoms with Crippen LogP contribution in [0.25, 0.3) is 0 Å². The highest BCUT2D eigenvalue weighted by atomic mass is 16.4. The number of hydrogen-bond donors (Lipinski definition) is 7. The van der Waals surface area contributed by atoms with E-state index in [1.165, 1.54) is 0 Å². The van der Waals surface area contributed by atoms with Crippen molar-refractivity contribution in [1.29, 1.82) is 0 Å². The zero-order chi connectivity index (χ0) is 27.3. The van der Waals surface area contributed by atoms with Crippen molar-refractivity contribution in [3.63, 3.8) is 0 Å². The molecule has 0 saturated carbocycles. The number of aliphatic carboxylic acids is 3. The molecule has 0 rings (SSSR count). The van der Waals surface area contributed by atoms with Crippen molar-refractivity contribution >= 4 is 35.6 Å². The molecule has 8 N–H and O–H groups in total. The average molecular weight is 503 g/mol. The second-order valence-corrected chi connectivity index (χ2v) is 8.61. The maximum absolute atomic E-state index is 13.1. The molecule has 0 saturated heterocycles. The van der Waals surface area contributed by atoms with Gasteiger partial charge in [-0.15, -0.1) is 0 Å². The van der Waals surface area contributed by atoms with E-state index in [0.29, 0.717) is 12.8 Å². The lowest BCUT2D eigenvalue weighted by Crippen LogP contribution is -2.60. The van der Waals surface area contributed by atoms with Gasteiger partial charge >= 0.3 is 17.9 Å². The summed E-state index contributed by atoms with van der Waals surface area (Å²) in [5.41, 5.74) is 5.74. The van der Waals surface area contributed by atoms with Crippen LogP contribution in [0, 0.1) is 11.8 Å². The Bertz CT molecular complexity index is 774. The van der Waals surface area contributed by atoms with Crippen molar-refractivity contribution < 1.29 is 44.1 Å². The first-order chi connectivity index (χ1) is 16.2. The molecule has 0 aliphatic rings. The number of carbonyl (C=O) groups excluding carboxylic acids is 3. The fourth-order valence-electron chi connectivity index (χ4n) is 3.10. The maximum Gasteiger partial charge on any atom is 0.326 e. The highest BCUT2D eigenvalue weighted by Gasteiger charge is 2.34. The van der Waals surface area contributed by atoms with Gasteiger partial charge in [0.1, 0.15) is 18.1 Å². The highest BCUT2D eigenvalue weighted by Crippen LogP contribution is 2.13. The average Bonchev–Trinajstić information content (AvgIpc) is 2.79. The standard InChI is InChI=1S/C22H38N4O9/c1-5-11(3)17(20(32)24-14(22(34)35)8-10-16(29)30)26-21(33)18(12(4)6-2)25-19(31)13(23)7-9-15(27)28/h11-14,17-18H,5-10,23H2,1-4H3,(H,24,32)(H,25,31)(H,26,33)(H,27,28)(H,29,30)(H,34,35). The number of rotatable bonds is 17. The van der Waals surface area contributed by atoms with Crippen LogP contribution >= 0.6 is 0 Å². The van der Waals surface area contributed by atoms with Crippen molar-refractivity contribution in [2.24, 2.45) is 17.6 Å². The lowest BCUT2D eigenvalue weighted by atomic mass is 9.94. The monoisotopic (exact) mass is 502 g/mol. The Balaban J connectivity index is 5.58. The van der Waals surface area contributed by atoms with Crippen LogP contribution < -0.4 is 21.7 Å². The van der Waals surface area contributed by atoms with E-state index in [9.17, 15) is 33.9 Å². The van der Waals surface area contributed by atoms with Crippen LogP contribution in [0.15, 0.2) is 0 Å². The number of nitrogens with two attached hydrogens (primary N) is 1. The Morgan fingerprint density at radius 1 is 0.686 bits per heavy atom. The minimum absolute atomic E-state index is 0.124. The summed E-state index contributed by atoms with van der Waals surface area (Å²) in [5, 5.41) is 34.3. The molecule has 6 atom stereocenters. The van der Waals surface area contributed by atoms with Gasteiger partial charge in [-0.3, -0.25) is 24.0 Å². The predicted octanol–water partition coefficient (Wildman–Crippen LogP) is -0.325. The van der Waals surface area contributed by atoms with Crippen LogP contribution in [0.1, 0.15) is 66.2 Å². The Morgan fingerprint density at radius 2 is 1.09 bits per heavy atom. The molecule has 200 valence electrons. The molecule has 3 amide bonds. The molecular formula is C22H38N4O9. The summed E-state index contributed by atoms with van der Waals surface area (Å²) in [6, 6.07) is -4.84. The second kappa shape index (κ2) is 15.6. The fourth-order valence-corrected chi connectivity index (χ4v) is 3.10. The van der Waals surface area contributed by atoms with Crippen molar-refractivity contribution in [2.75, 3.05) is 0 Å². The summed E-state index contributed by atoms with van der Waals surface area (Å²) in [6.07, 6.45) is -0.317. The summed E-state index contributed by atoms with van der Waals surface area (Å²) in [6.45, 7) is 6.94. The number of carboxylic acids is 3. The SMILES string of the molecule is CCC(C)C(NC(=O)C(N)CCC(=O)O)C(=O)NC(C(=O)NC(CCC(=O)O)C(=O)O)C(C)CC. The predicted molar refractivity (Wildman–Crippen MR) is 124 cm³/mol. The van der Waals surface area contributed by atoms with Gasteiger partial charge in [0.05, 0.1) is 6.04 Å². The van der Waals surface area contributed by atoms with E-state index in [0.717, 1.165) is 0 Å².